The van der Waals surface area contributed by atoms with Crippen LogP contribution in [0.1, 0.15) is 67.2 Å². The van der Waals surface area contributed by atoms with E-state index < -0.39 is 11.4 Å². The smallest absolute Gasteiger partial charge is 0.347 e. The van der Waals surface area contributed by atoms with E-state index >= 15 is 0 Å². The third kappa shape index (κ3) is 3.69. The lowest BCUT2D eigenvalue weighted by Gasteiger charge is -2.40. The van der Waals surface area contributed by atoms with Gasteiger partial charge in [0, 0.05) is 49.0 Å². The van der Waals surface area contributed by atoms with E-state index in [4.69, 9.17) is 4.42 Å². The van der Waals surface area contributed by atoms with Gasteiger partial charge in [-0.15, -0.1) is 0 Å². The lowest BCUT2D eigenvalue weighted by atomic mass is 9.88. The Bertz CT molecular complexity index is 1400. The van der Waals surface area contributed by atoms with E-state index in [-0.39, 0.29) is 11.1 Å². The van der Waals surface area contributed by atoms with Gasteiger partial charge in [-0.1, -0.05) is 6.08 Å². The zero-order valence-electron chi connectivity index (χ0n) is 20.4. The minimum Gasteiger partial charge on any atom is -0.422 e. The first-order valence-electron chi connectivity index (χ1n) is 11.8. The molecule has 5 rings (SSSR count). The third-order valence-corrected chi connectivity index (χ3v) is 7.17. The largest absolute Gasteiger partial charge is 0.422 e. The number of ketones is 1. The SMILES string of the molecule is CC1=CC(C)(C)N(C)c2cc3oc(=O)c(C(=O)c4cnc(N5CCCCC5)nc4C)cc3cc21. The minimum absolute atomic E-state index is 0.00370. The van der Waals surface area contributed by atoms with E-state index in [0.717, 1.165) is 42.8 Å². The Labute approximate surface area is 199 Å². The van der Waals surface area contributed by atoms with Crippen molar-refractivity contribution in [3.63, 3.8) is 0 Å². The van der Waals surface area contributed by atoms with Crippen LogP contribution in [0.25, 0.3) is 16.5 Å². The maximum Gasteiger partial charge on any atom is 0.347 e. The van der Waals surface area contributed by atoms with Crippen molar-refractivity contribution in [2.24, 2.45) is 0 Å². The first-order chi connectivity index (χ1) is 16.2. The molecule has 1 saturated heterocycles. The van der Waals surface area contributed by atoms with Gasteiger partial charge in [-0.2, -0.15) is 0 Å². The first-order valence-corrected chi connectivity index (χ1v) is 11.8. The summed E-state index contributed by atoms with van der Waals surface area (Å²) < 4.78 is 5.64. The predicted molar refractivity (Wildman–Crippen MR) is 135 cm³/mol. The van der Waals surface area contributed by atoms with Gasteiger partial charge in [0.1, 0.15) is 11.1 Å². The van der Waals surface area contributed by atoms with Gasteiger partial charge in [0.15, 0.2) is 0 Å². The molecule has 0 unspecified atom stereocenters. The summed E-state index contributed by atoms with van der Waals surface area (Å²) in [4.78, 5) is 39.5. The summed E-state index contributed by atoms with van der Waals surface area (Å²) in [6.45, 7) is 9.99. The third-order valence-electron chi connectivity index (χ3n) is 7.17. The van der Waals surface area contributed by atoms with Crippen LogP contribution in [-0.4, -0.2) is 41.4 Å². The molecule has 0 spiro atoms. The summed E-state index contributed by atoms with van der Waals surface area (Å²) in [7, 11) is 2.03. The molecule has 34 heavy (non-hydrogen) atoms. The van der Waals surface area contributed by atoms with Gasteiger partial charge >= 0.3 is 5.63 Å². The molecule has 0 N–H and O–H groups in total. The molecule has 3 aromatic rings. The Morgan fingerprint density at radius 3 is 2.50 bits per heavy atom. The van der Waals surface area contributed by atoms with Crippen molar-refractivity contribution >= 4 is 34.0 Å². The second-order valence-corrected chi connectivity index (χ2v) is 9.94. The fourth-order valence-electron chi connectivity index (χ4n) is 4.99. The second-order valence-electron chi connectivity index (χ2n) is 9.94. The molecule has 2 aliphatic heterocycles. The van der Waals surface area contributed by atoms with E-state index in [2.05, 4.69) is 46.6 Å². The average molecular weight is 459 g/mol. The van der Waals surface area contributed by atoms with Gasteiger partial charge in [-0.25, -0.2) is 14.8 Å². The van der Waals surface area contributed by atoms with Crippen molar-refractivity contribution in [3.8, 4) is 0 Å². The number of carbonyl (C=O) groups is 1. The monoisotopic (exact) mass is 458 g/mol. The number of piperidine rings is 1. The highest BCUT2D eigenvalue weighted by atomic mass is 16.4. The van der Waals surface area contributed by atoms with Crippen molar-refractivity contribution in [2.75, 3.05) is 29.9 Å². The number of aryl methyl sites for hydroxylation is 1. The molecule has 2 aliphatic rings. The lowest BCUT2D eigenvalue weighted by Crippen LogP contribution is -2.42. The molecule has 176 valence electrons. The van der Waals surface area contributed by atoms with Crippen LogP contribution in [0, 0.1) is 6.92 Å². The topological polar surface area (TPSA) is 79.5 Å². The van der Waals surface area contributed by atoms with Crippen LogP contribution >= 0.6 is 0 Å². The number of hydrogen-bond acceptors (Lipinski definition) is 7. The summed E-state index contributed by atoms with van der Waals surface area (Å²) >= 11 is 0. The average Bonchev–Trinajstić information content (AvgIpc) is 2.81. The number of anilines is 2. The summed E-state index contributed by atoms with van der Waals surface area (Å²) in [6.07, 6.45) is 7.21. The maximum absolute atomic E-state index is 13.3. The Hall–Kier alpha value is -3.48. The number of hydrogen-bond donors (Lipinski definition) is 0. The summed E-state index contributed by atoms with van der Waals surface area (Å²) in [5.74, 6) is 0.224. The molecule has 7 nitrogen and oxygen atoms in total. The van der Waals surface area contributed by atoms with Crippen LogP contribution in [0.15, 0.2) is 39.7 Å². The fraction of sp³-hybridized carbons (Fsp3) is 0.407. The highest BCUT2D eigenvalue weighted by Crippen LogP contribution is 2.40. The van der Waals surface area contributed by atoms with Crippen LogP contribution in [0.4, 0.5) is 11.6 Å². The Kier molecular flexibility index (Phi) is 5.30. The molecule has 0 bridgehead atoms. The number of benzene rings is 1. The molecule has 0 amide bonds. The van der Waals surface area contributed by atoms with E-state index in [1.54, 1.807) is 13.0 Å². The van der Waals surface area contributed by atoms with E-state index in [0.29, 0.717) is 28.2 Å². The molecular formula is C27H30N4O3. The number of fused-ring (bicyclic) bond motifs is 2. The van der Waals surface area contributed by atoms with Gasteiger partial charge in [0.2, 0.25) is 11.7 Å². The molecule has 0 atom stereocenters. The number of allylic oxidation sites excluding steroid dienone is 1. The standard InChI is InChI=1S/C27H30N4O3/c1-16-14-27(3,4)30(5)22-13-23-18(11-19(16)22)12-20(25(33)34-23)24(32)21-15-28-26(29-17(21)2)31-9-7-6-8-10-31/h11-15H,6-10H2,1-5H3. The number of carbonyl (C=O) groups excluding carboxylic acids is 1. The van der Waals surface area contributed by atoms with E-state index in [1.165, 1.54) is 12.6 Å². The van der Waals surface area contributed by atoms with Crippen molar-refractivity contribution in [1.29, 1.82) is 0 Å². The molecular weight excluding hydrogens is 428 g/mol. The van der Waals surface area contributed by atoms with Crippen LogP contribution in [0.5, 0.6) is 0 Å². The van der Waals surface area contributed by atoms with Gasteiger partial charge < -0.3 is 14.2 Å². The van der Waals surface area contributed by atoms with Crippen LogP contribution in [0.3, 0.4) is 0 Å². The van der Waals surface area contributed by atoms with Gasteiger partial charge in [0.05, 0.1) is 16.8 Å². The number of nitrogens with zero attached hydrogens (tertiary/aromatic N) is 4. The molecule has 2 aromatic heterocycles. The minimum atomic E-state index is -0.651. The van der Waals surface area contributed by atoms with Crippen molar-refractivity contribution in [2.45, 2.75) is 52.5 Å². The van der Waals surface area contributed by atoms with Crippen molar-refractivity contribution < 1.29 is 9.21 Å². The van der Waals surface area contributed by atoms with E-state index in [1.807, 2.05) is 19.2 Å². The predicted octanol–water partition coefficient (Wildman–Crippen LogP) is 4.74. The molecule has 7 heteroatoms. The molecule has 1 fully saturated rings. The summed E-state index contributed by atoms with van der Waals surface area (Å²) in [5, 5.41) is 0.714. The zero-order valence-corrected chi connectivity index (χ0v) is 20.4. The van der Waals surface area contributed by atoms with Crippen molar-refractivity contribution in [3.05, 3.63) is 63.3 Å². The molecule has 0 radical (unpaired) electrons. The highest BCUT2D eigenvalue weighted by molar-refractivity contribution is 6.10. The van der Waals surface area contributed by atoms with Gasteiger partial charge in [-0.3, -0.25) is 4.79 Å². The van der Waals surface area contributed by atoms with Gasteiger partial charge in [0.25, 0.3) is 0 Å². The van der Waals surface area contributed by atoms with E-state index in [9.17, 15) is 9.59 Å². The van der Waals surface area contributed by atoms with Crippen LogP contribution in [-0.2, 0) is 0 Å². The lowest BCUT2D eigenvalue weighted by molar-refractivity contribution is 0.103. The van der Waals surface area contributed by atoms with Gasteiger partial charge in [-0.05, 0) is 64.7 Å². The zero-order chi connectivity index (χ0) is 24.2. The van der Waals surface area contributed by atoms with Crippen LogP contribution < -0.4 is 15.4 Å². The fourth-order valence-corrected chi connectivity index (χ4v) is 4.99. The summed E-state index contributed by atoms with van der Waals surface area (Å²) in [6, 6.07) is 5.51. The maximum atomic E-state index is 13.3. The quantitative estimate of drug-likeness (QED) is 0.414. The Morgan fingerprint density at radius 1 is 1.06 bits per heavy atom. The number of rotatable bonds is 3. The molecule has 4 heterocycles. The molecule has 1 aromatic carbocycles. The number of likely N-dealkylation sites (N-methyl/N-ethyl adjacent to an activating group) is 1. The molecule has 0 aliphatic carbocycles. The highest BCUT2D eigenvalue weighted by Gasteiger charge is 2.29. The Balaban J connectivity index is 1.54. The van der Waals surface area contributed by atoms with Crippen LogP contribution in [0.2, 0.25) is 0 Å². The first kappa shape index (κ1) is 22.3. The number of aromatic nitrogens is 2. The normalized spacial score (nSPS) is 17.5. The Morgan fingerprint density at radius 2 is 1.79 bits per heavy atom. The molecule has 0 saturated carbocycles. The summed E-state index contributed by atoms with van der Waals surface area (Å²) in [5.41, 5.74) is 3.75. The van der Waals surface area contributed by atoms with Crippen molar-refractivity contribution in [1.82, 2.24) is 9.97 Å². The second kappa shape index (κ2) is 8.08.